The van der Waals surface area contributed by atoms with E-state index in [9.17, 15) is 4.79 Å². The van der Waals surface area contributed by atoms with Gasteiger partial charge in [-0.05, 0) is 18.6 Å². The molecule has 0 aliphatic rings. The highest BCUT2D eigenvalue weighted by atomic mass is 16.5. The first-order valence-electron chi connectivity index (χ1n) is 6.02. The van der Waals surface area contributed by atoms with Crippen LogP contribution in [0.3, 0.4) is 0 Å². The van der Waals surface area contributed by atoms with Gasteiger partial charge >= 0.3 is 5.97 Å². The predicted molar refractivity (Wildman–Crippen MR) is 72.2 cm³/mol. The van der Waals surface area contributed by atoms with Crippen LogP contribution in [0.4, 0.5) is 0 Å². The minimum atomic E-state index is -0.426. The van der Waals surface area contributed by atoms with Crippen molar-refractivity contribution in [1.82, 2.24) is 4.98 Å². The largest absolute Gasteiger partial charge is 0.480 e. The summed E-state index contributed by atoms with van der Waals surface area (Å²) in [4.78, 5) is 16.0. The predicted octanol–water partition coefficient (Wildman–Crippen LogP) is 2.93. The Balaban J connectivity index is 2.44. The van der Waals surface area contributed by atoms with E-state index in [-0.39, 0.29) is 5.88 Å². The lowest BCUT2D eigenvalue weighted by Gasteiger charge is -2.09. The minimum absolute atomic E-state index is 0.276. The molecule has 98 valence electrons. The van der Waals surface area contributed by atoms with Crippen LogP contribution in [-0.4, -0.2) is 24.7 Å². The van der Waals surface area contributed by atoms with E-state index in [1.165, 1.54) is 7.11 Å². The standard InChI is InChI=1S/C15H15NO3/c1-3-19-15(17)13-9-12(10-16-14(13)18-2)11-7-5-4-6-8-11/h4-10H,3H2,1-2H3. The number of carbonyl (C=O) groups is 1. The van der Waals surface area contributed by atoms with E-state index in [2.05, 4.69) is 4.98 Å². The molecular formula is C15H15NO3. The fraction of sp³-hybridized carbons (Fsp3) is 0.200. The minimum Gasteiger partial charge on any atom is -0.480 e. The van der Waals surface area contributed by atoms with Gasteiger partial charge in [-0.3, -0.25) is 0 Å². The van der Waals surface area contributed by atoms with Gasteiger partial charge in [0.05, 0.1) is 13.7 Å². The van der Waals surface area contributed by atoms with E-state index in [1.807, 2.05) is 30.3 Å². The zero-order valence-electron chi connectivity index (χ0n) is 10.9. The van der Waals surface area contributed by atoms with Crippen LogP contribution in [0.2, 0.25) is 0 Å². The van der Waals surface area contributed by atoms with E-state index >= 15 is 0 Å². The topological polar surface area (TPSA) is 48.4 Å². The van der Waals surface area contributed by atoms with Crippen LogP contribution < -0.4 is 4.74 Å². The van der Waals surface area contributed by atoms with E-state index in [1.54, 1.807) is 19.2 Å². The molecule has 0 saturated heterocycles. The molecule has 0 bridgehead atoms. The lowest BCUT2D eigenvalue weighted by molar-refractivity contribution is 0.0522. The second-order valence-corrected chi connectivity index (χ2v) is 3.87. The fourth-order valence-electron chi connectivity index (χ4n) is 1.76. The molecule has 0 amide bonds. The molecule has 1 aromatic heterocycles. The van der Waals surface area contributed by atoms with Crippen molar-refractivity contribution in [3.8, 4) is 17.0 Å². The third-order valence-electron chi connectivity index (χ3n) is 2.65. The van der Waals surface area contributed by atoms with Crippen molar-refractivity contribution in [2.45, 2.75) is 6.92 Å². The van der Waals surface area contributed by atoms with E-state index in [0.717, 1.165) is 11.1 Å². The van der Waals surface area contributed by atoms with Crippen LogP contribution in [-0.2, 0) is 4.74 Å². The first kappa shape index (κ1) is 13.1. The van der Waals surface area contributed by atoms with Crippen LogP contribution in [0.5, 0.6) is 5.88 Å². The van der Waals surface area contributed by atoms with Gasteiger partial charge < -0.3 is 9.47 Å². The first-order chi connectivity index (χ1) is 9.26. The molecule has 0 unspecified atom stereocenters. The smallest absolute Gasteiger partial charge is 0.343 e. The van der Waals surface area contributed by atoms with Gasteiger partial charge in [0.25, 0.3) is 0 Å². The lowest BCUT2D eigenvalue weighted by Crippen LogP contribution is -2.08. The Morgan fingerprint density at radius 3 is 2.58 bits per heavy atom. The van der Waals surface area contributed by atoms with Crippen molar-refractivity contribution in [2.24, 2.45) is 0 Å². The van der Waals surface area contributed by atoms with E-state index in [4.69, 9.17) is 9.47 Å². The van der Waals surface area contributed by atoms with Gasteiger partial charge in [0.2, 0.25) is 5.88 Å². The number of pyridine rings is 1. The van der Waals surface area contributed by atoms with Crippen LogP contribution in [0.1, 0.15) is 17.3 Å². The summed E-state index contributed by atoms with van der Waals surface area (Å²) in [7, 11) is 1.48. The summed E-state index contributed by atoms with van der Waals surface area (Å²) in [5.41, 5.74) is 2.18. The molecule has 0 spiro atoms. The Morgan fingerprint density at radius 2 is 1.95 bits per heavy atom. The highest BCUT2D eigenvalue weighted by Gasteiger charge is 2.16. The van der Waals surface area contributed by atoms with Crippen LogP contribution in [0, 0.1) is 0 Å². The van der Waals surface area contributed by atoms with Crippen LogP contribution >= 0.6 is 0 Å². The summed E-state index contributed by atoms with van der Waals surface area (Å²) in [6.45, 7) is 2.08. The summed E-state index contributed by atoms with van der Waals surface area (Å²) in [6, 6.07) is 11.5. The molecular weight excluding hydrogens is 242 g/mol. The van der Waals surface area contributed by atoms with Gasteiger partial charge in [-0.25, -0.2) is 9.78 Å². The third-order valence-corrected chi connectivity index (χ3v) is 2.65. The number of rotatable bonds is 4. The maximum absolute atomic E-state index is 11.9. The second-order valence-electron chi connectivity index (χ2n) is 3.87. The highest BCUT2D eigenvalue weighted by Crippen LogP contribution is 2.24. The molecule has 1 aromatic carbocycles. The molecule has 0 fully saturated rings. The number of carbonyl (C=O) groups excluding carboxylic acids is 1. The number of hydrogen-bond donors (Lipinski definition) is 0. The molecule has 2 aromatic rings. The van der Waals surface area contributed by atoms with Crippen molar-refractivity contribution in [3.05, 3.63) is 48.2 Å². The summed E-state index contributed by atoms with van der Waals surface area (Å²) in [5, 5.41) is 0. The Labute approximate surface area is 112 Å². The van der Waals surface area contributed by atoms with Gasteiger partial charge in [0.1, 0.15) is 5.56 Å². The van der Waals surface area contributed by atoms with Gasteiger partial charge in [0.15, 0.2) is 0 Å². The summed E-state index contributed by atoms with van der Waals surface area (Å²) in [6.07, 6.45) is 1.68. The molecule has 2 rings (SSSR count). The highest BCUT2D eigenvalue weighted by molar-refractivity contribution is 5.93. The van der Waals surface area contributed by atoms with E-state index < -0.39 is 5.97 Å². The molecule has 0 N–H and O–H groups in total. The third kappa shape index (κ3) is 2.91. The second kappa shape index (κ2) is 6.00. The van der Waals surface area contributed by atoms with Crippen LogP contribution in [0.15, 0.2) is 42.6 Å². The molecule has 1 heterocycles. The molecule has 4 nitrogen and oxygen atoms in total. The summed E-state index contributed by atoms with van der Waals surface area (Å²) in [5.74, 6) is -0.150. The van der Waals surface area contributed by atoms with Gasteiger partial charge in [0, 0.05) is 11.8 Å². The average molecular weight is 257 g/mol. The van der Waals surface area contributed by atoms with Crippen molar-refractivity contribution in [3.63, 3.8) is 0 Å². The fourth-order valence-corrected chi connectivity index (χ4v) is 1.76. The van der Waals surface area contributed by atoms with Crippen molar-refractivity contribution >= 4 is 5.97 Å². The number of ether oxygens (including phenoxy) is 2. The molecule has 0 aliphatic carbocycles. The number of benzene rings is 1. The maximum atomic E-state index is 11.9. The Hall–Kier alpha value is -2.36. The number of nitrogens with zero attached hydrogens (tertiary/aromatic N) is 1. The quantitative estimate of drug-likeness (QED) is 0.790. The normalized spacial score (nSPS) is 10.0. The molecule has 4 heteroatoms. The van der Waals surface area contributed by atoms with Crippen LogP contribution in [0.25, 0.3) is 11.1 Å². The lowest BCUT2D eigenvalue weighted by atomic mass is 10.1. The molecule has 0 radical (unpaired) electrons. The molecule has 19 heavy (non-hydrogen) atoms. The SMILES string of the molecule is CCOC(=O)c1cc(-c2ccccc2)cnc1OC. The van der Waals surface area contributed by atoms with Gasteiger partial charge in [-0.2, -0.15) is 0 Å². The maximum Gasteiger partial charge on any atom is 0.343 e. The Morgan fingerprint density at radius 1 is 1.21 bits per heavy atom. The number of hydrogen-bond acceptors (Lipinski definition) is 4. The Bertz CT molecular complexity index is 567. The van der Waals surface area contributed by atoms with Gasteiger partial charge in [-0.15, -0.1) is 0 Å². The van der Waals surface area contributed by atoms with Crippen molar-refractivity contribution in [2.75, 3.05) is 13.7 Å². The number of aromatic nitrogens is 1. The molecule has 0 saturated carbocycles. The van der Waals surface area contributed by atoms with Crippen molar-refractivity contribution < 1.29 is 14.3 Å². The monoisotopic (exact) mass is 257 g/mol. The van der Waals surface area contributed by atoms with E-state index in [0.29, 0.717) is 12.2 Å². The number of esters is 1. The zero-order chi connectivity index (χ0) is 13.7. The van der Waals surface area contributed by atoms with Gasteiger partial charge in [-0.1, -0.05) is 30.3 Å². The zero-order valence-corrected chi connectivity index (χ0v) is 10.9. The first-order valence-corrected chi connectivity index (χ1v) is 6.02. The summed E-state index contributed by atoms with van der Waals surface area (Å²) < 4.78 is 10.1. The number of methoxy groups -OCH3 is 1. The Kier molecular flexibility index (Phi) is 4.13. The summed E-state index contributed by atoms with van der Waals surface area (Å²) >= 11 is 0. The average Bonchev–Trinajstić information content (AvgIpc) is 2.47. The molecule has 0 aliphatic heterocycles. The molecule has 0 atom stereocenters. The van der Waals surface area contributed by atoms with Crippen molar-refractivity contribution in [1.29, 1.82) is 0 Å².